The Morgan fingerprint density at radius 1 is 1.17 bits per heavy atom. The lowest BCUT2D eigenvalue weighted by Gasteiger charge is -2.42. The number of rotatable bonds is 5. The zero-order valence-corrected chi connectivity index (χ0v) is 17.4. The molecule has 0 spiro atoms. The Kier molecular flexibility index (Phi) is 6.18. The van der Waals surface area contributed by atoms with Crippen molar-refractivity contribution in [2.75, 3.05) is 25.1 Å². The minimum absolute atomic E-state index is 0.139. The summed E-state index contributed by atoms with van der Waals surface area (Å²) in [5.41, 5.74) is 1.32. The number of aromatic hydroxyl groups is 1. The number of para-hydroxylation sites is 1. The number of aromatic nitrogens is 2. The van der Waals surface area contributed by atoms with Crippen molar-refractivity contribution in [2.45, 2.75) is 56.7 Å². The molecule has 1 aliphatic carbocycles. The lowest BCUT2D eigenvalue weighted by Crippen LogP contribution is -2.53. The molecule has 7 heteroatoms. The first kappa shape index (κ1) is 20.6. The predicted molar refractivity (Wildman–Crippen MR) is 113 cm³/mol. The first-order valence-corrected chi connectivity index (χ1v) is 10.7. The molecular formula is C23H29N3O4. The molecule has 1 aromatic carbocycles. The van der Waals surface area contributed by atoms with E-state index in [1.165, 1.54) is 13.5 Å². The molecule has 0 radical (unpaired) electrons. The van der Waals surface area contributed by atoms with E-state index < -0.39 is 5.60 Å². The van der Waals surface area contributed by atoms with Crippen LogP contribution in [0.5, 0.6) is 5.75 Å². The first-order valence-electron chi connectivity index (χ1n) is 10.7. The number of anilines is 1. The fraction of sp³-hybridized carbons (Fsp3) is 0.522. The molecule has 30 heavy (non-hydrogen) atoms. The predicted octanol–water partition coefficient (Wildman–Crippen LogP) is 3.71. The molecular weight excluding hydrogens is 382 g/mol. The highest BCUT2D eigenvalue weighted by Crippen LogP contribution is 2.35. The van der Waals surface area contributed by atoms with E-state index in [-0.39, 0.29) is 17.8 Å². The summed E-state index contributed by atoms with van der Waals surface area (Å²) in [6.45, 7) is 1.32. The molecule has 2 aliphatic rings. The maximum absolute atomic E-state index is 12.7. The SMILES string of the molecule is COC(=O)C1(OC2CCCCC2)CCN(c2cnnc(-c3ccccc3O)c2)CC1. The van der Waals surface area contributed by atoms with E-state index in [2.05, 4.69) is 15.1 Å². The van der Waals surface area contributed by atoms with Gasteiger partial charge in [-0.05, 0) is 31.0 Å². The van der Waals surface area contributed by atoms with Gasteiger partial charge in [0, 0.05) is 31.5 Å². The number of hydrogen-bond donors (Lipinski definition) is 1. The molecule has 0 unspecified atom stereocenters. The lowest BCUT2D eigenvalue weighted by atomic mass is 9.89. The fourth-order valence-corrected chi connectivity index (χ4v) is 4.54. The van der Waals surface area contributed by atoms with Crippen molar-refractivity contribution in [1.82, 2.24) is 10.2 Å². The van der Waals surface area contributed by atoms with E-state index >= 15 is 0 Å². The van der Waals surface area contributed by atoms with Gasteiger partial charge in [0.05, 0.1) is 30.8 Å². The zero-order valence-electron chi connectivity index (χ0n) is 17.4. The van der Waals surface area contributed by atoms with Crippen LogP contribution < -0.4 is 4.90 Å². The second kappa shape index (κ2) is 9.00. The van der Waals surface area contributed by atoms with Crippen LogP contribution in [-0.4, -0.2) is 53.2 Å². The molecule has 1 N–H and O–H groups in total. The van der Waals surface area contributed by atoms with Crippen LogP contribution in [0.15, 0.2) is 36.5 Å². The molecule has 2 heterocycles. The summed E-state index contributed by atoms with van der Waals surface area (Å²) in [6, 6.07) is 9.02. The van der Waals surface area contributed by atoms with Crippen LogP contribution in [0.1, 0.15) is 44.9 Å². The quantitative estimate of drug-likeness (QED) is 0.751. The summed E-state index contributed by atoms with van der Waals surface area (Å²) in [5, 5.41) is 18.4. The van der Waals surface area contributed by atoms with Crippen LogP contribution >= 0.6 is 0 Å². The van der Waals surface area contributed by atoms with Gasteiger partial charge in [-0.3, -0.25) is 0 Å². The Morgan fingerprint density at radius 3 is 2.60 bits per heavy atom. The van der Waals surface area contributed by atoms with Crippen LogP contribution in [0.25, 0.3) is 11.3 Å². The van der Waals surface area contributed by atoms with E-state index in [0.717, 1.165) is 31.4 Å². The van der Waals surface area contributed by atoms with Gasteiger partial charge >= 0.3 is 5.97 Å². The van der Waals surface area contributed by atoms with Crippen LogP contribution in [0.3, 0.4) is 0 Å². The zero-order chi connectivity index (χ0) is 21.0. The highest BCUT2D eigenvalue weighted by Gasteiger charge is 2.45. The molecule has 1 saturated heterocycles. The number of phenolic OH excluding ortho intramolecular Hbond substituents is 1. The minimum Gasteiger partial charge on any atom is -0.507 e. The van der Waals surface area contributed by atoms with Gasteiger partial charge < -0.3 is 19.5 Å². The van der Waals surface area contributed by atoms with Crippen molar-refractivity contribution in [2.24, 2.45) is 0 Å². The van der Waals surface area contributed by atoms with Crippen molar-refractivity contribution in [3.8, 4) is 17.0 Å². The summed E-state index contributed by atoms with van der Waals surface area (Å²) in [7, 11) is 1.44. The molecule has 160 valence electrons. The van der Waals surface area contributed by atoms with Crippen molar-refractivity contribution >= 4 is 11.7 Å². The van der Waals surface area contributed by atoms with Gasteiger partial charge in [-0.2, -0.15) is 10.2 Å². The molecule has 1 aromatic heterocycles. The Hall–Kier alpha value is -2.67. The number of nitrogens with zero attached hydrogens (tertiary/aromatic N) is 3. The number of esters is 1. The Labute approximate surface area is 177 Å². The maximum Gasteiger partial charge on any atom is 0.338 e. The number of piperidine rings is 1. The second-order valence-corrected chi connectivity index (χ2v) is 8.17. The van der Waals surface area contributed by atoms with E-state index in [0.29, 0.717) is 37.2 Å². The van der Waals surface area contributed by atoms with Gasteiger partial charge in [0.1, 0.15) is 5.75 Å². The van der Waals surface area contributed by atoms with Crippen LogP contribution in [0.4, 0.5) is 5.69 Å². The maximum atomic E-state index is 12.7. The molecule has 1 aliphatic heterocycles. The number of carbonyl (C=O) groups excluding carboxylic acids is 1. The fourth-order valence-electron chi connectivity index (χ4n) is 4.54. The highest BCUT2D eigenvalue weighted by atomic mass is 16.6. The monoisotopic (exact) mass is 411 g/mol. The lowest BCUT2D eigenvalue weighted by molar-refractivity contribution is -0.184. The molecule has 4 rings (SSSR count). The average molecular weight is 412 g/mol. The van der Waals surface area contributed by atoms with Crippen LogP contribution in [0.2, 0.25) is 0 Å². The van der Waals surface area contributed by atoms with Crippen LogP contribution in [-0.2, 0) is 14.3 Å². The minimum atomic E-state index is -0.867. The van der Waals surface area contributed by atoms with Crippen LogP contribution in [0, 0.1) is 0 Å². The third-order valence-corrected chi connectivity index (χ3v) is 6.26. The van der Waals surface area contributed by atoms with E-state index in [9.17, 15) is 9.90 Å². The van der Waals surface area contributed by atoms with Gasteiger partial charge in [0.15, 0.2) is 5.60 Å². The largest absolute Gasteiger partial charge is 0.507 e. The first-order chi connectivity index (χ1) is 14.6. The van der Waals surface area contributed by atoms with Crippen molar-refractivity contribution in [3.05, 3.63) is 36.5 Å². The van der Waals surface area contributed by atoms with E-state index in [1.807, 2.05) is 18.2 Å². The Balaban J connectivity index is 1.49. The standard InChI is InChI=1S/C23H29N3O4/c1-29-22(28)23(30-18-7-3-2-4-8-18)11-13-26(14-12-23)17-15-20(25-24-16-17)19-9-5-6-10-21(19)27/h5-6,9-10,15-16,18,27H,2-4,7-8,11-14H2,1H3. The number of ether oxygens (including phenoxy) is 2. The number of methoxy groups -OCH3 is 1. The summed E-state index contributed by atoms with van der Waals surface area (Å²) in [5.74, 6) is -0.0938. The van der Waals surface area contributed by atoms with Crippen molar-refractivity contribution in [3.63, 3.8) is 0 Å². The van der Waals surface area contributed by atoms with Crippen molar-refractivity contribution < 1.29 is 19.4 Å². The van der Waals surface area contributed by atoms with Gasteiger partial charge in [-0.1, -0.05) is 31.4 Å². The van der Waals surface area contributed by atoms with E-state index in [1.54, 1.807) is 18.3 Å². The van der Waals surface area contributed by atoms with Gasteiger partial charge in [0.2, 0.25) is 0 Å². The molecule has 2 aromatic rings. The molecule has 2 fully saturated rings. The summed E-state index contributed by atoms with van der Waals surface area (Å²) < 4.78 is 11.5. The third-order valence-electron chi connectivity index (χ3n) is 6.26. The molecule has 0 atom stereocenters. The average Bonchev–Trinajstić information content (AvgIpc) is 2.80. The smallest absolute Gasteiger partial charge is 0.338 e. The van der Waals surface area contributed by atoms with Gasteiger partial charge in [-0.15, -0.1) is 0 Å². The number of phenols is 1. The summed E-state index contributed by atoms with van der Waals surface area (Å²) in [6.07, 6.45) is 8.59. The Bertz CT molecular complexity index is 874. The van der Waals surface area contributed by atoms with E-state index in [4.69, 9.17) is 9.47 Å². The Morgan fingerprint density at radius 2 is 1.90 bits per heavy atom. The molecule has 1 saturated carbocycles. The molecule has 0 amide bonds. The molecule has 7 nitrogen and oxygen atoms in total. The van der Waals surface area contributed by atoms with Gasteiger partial charge in [-0.25, -0.2) is 4.79 Å². The normalized spacial score (nSPS) is 19.4. The van der Waals surface area contributed by atoms with Gasteiger partial charge in [0.25, 0.3) is 0 Å². The number of benzene rings is 1. The summed E-state index contributed by atoms with van der Waals surface area (Å²) in [4.78, 5) is 14.9. The topological polar surface area (TPSA) is 84.8 Å². The summed E-state index contributed by atoms with van der Waals surface area (Å²) >= 11 is 0. The number of hydrogen-bond acceptors (Lipinski definition) is 7. The molecule has 0 bridgehead atoms. The number of carbonyl (C=O) groups is 1. The second-order valence-electron chi connectivity index (χ2n) is 8.17. The van der Waals surface area contributed by atoms with Crippen molar-refractivity contribution in [1.29, 1.82) is 0 Å². The third kappa shape index (κ3) is 4.26. The highest BCUT2D eigenvalue weighted by molar-refractivity contribution is 5.80.